The number of nitrogens with two attached hydrogens (primary N) is 1. The molecule has 0 saturated carbocycles. The zero-order chi connectivity index (χ0) is 16.7. The predicted octanol–water partition coefficient (Wildman–Crippen LogP) is 3.48. The Morgan fingerprint density at radius 3 is 2.33 bits per heavy atom. The van der Waals surface area contributed by atoms with Gasteiger partial charge in [0.2, 0.25) is 0 Å². The first-order valence-electron chi connectivity index (χ1n) is 7.34. The molecule has 24 heavy (non-hydrogen) atoms. The summed E-state index contributed by atoms with van der Waals surface area (Å²) in [7, 11) is 0. The second-order valence-corrected chi connectivity index (χ2v) is 5.36. The fraction of sp³-hybridized carbons (Fsp3) is 0. The fourth-order valence-corrected chi connectivity index (χ4v) is 3.06. The van der Waals surface area contributed by atoms with Gasteiger partial charge in [-0.2, -0.15) is 10.5 Å². The number of nitriles is 2. The highest BCUT2D eigenvalue weighted by Gasteiger charge is 2.22. The Kier molecular flexibility index (Phi) is 2.94. The molecule has 2 aromatic heterocycles. The monoisotopic (exact) mass is 309 g/mol. The fourth-order valence-electron chi connectivity index (χ4n) is 3.06. The molecule has 5 heteroatoms. The second-order valence-electron chi connectivity index (χ2n) is 5.36. The normalized spacial score (nSPS) is 10.6. The van der Waals surface area contributed by atoms with Crippen molar-refractivity contribution in [1.29, 1.82) is 10.5 Å². The number of hydrogen-bond acceptors (Lipinski definition) is 4. The Hall–Kier alpha value is -3.83. The van der Waals surface area contributed by atoms with Gasteiger partial charge in [0.1, 0.15) is 29.2 Å². The van der Waals surface area contributed by atoms with E-state index in [1.165, 1.54) is 0 Å². The van der Waals surface area contributed by atoms with Crippen LogP contribution in [-0.2, 0) is 0 Å². The summed E-state index contributed by atoms with van der Waals surface area (Å²) in [5.74, 6) is 0.344. The van der Waals surface area contributed by atoms with Crippen molar-refractivity contribution in [3.63, 3.8) is 0 Å². The lowest BCUT2D eigenvalue weighted by Crippen LogP contribution is -1.99. The van der Waals surface area contributed by atoms with Gasteiger partial charge in [-0.15, -0.1) is 0 Å². The Bertz CT molecular complexity index is 1170. The first-order valence-corrected chi connectivity index (χ1v) is 7.34. The minimum atomic E-state index is 0.344. The number of rotatable bonds is 1. The molecule has 0 saturated heterocycles. The topological polar surface area (TPSA) is 90.9 Å². The van der Waals surface area contributed by atoms with E-state index < -0.39 is 0 Å². The summed E-state index contributed by atoms with van der Waals surface area (Å²) in [6, 6.07) is 21.3. The van der Waals surface area contributed by atoms with E-state index in [4.69, 9.17) is 5.73 Å². The number of fused-ring (bicyclic) bond motifs is 3. The zero-order valence-electron chi connectivity index (χ0n) is 12.6. The highest BCUT2D eigenvalue weighted by molar-refractivity contribution is 5.95. The molecule has 0 aliphatic rings. The van der Waals surface area contributed by atoms with Gasteiger partial charge in [0.15, 0.2) is 5.65 Å². The first kappa shape index (κ1) is 13.8. The Morgan fingerprint density at radius 1 is 0.917 bits per heavy atom. The highest BCUT2D eigenvalue weighted by Crippen LogP contribution is 2.34. The third-order valence-electron chi connectivity index (χ3n) is 4.07. The van der Waals surface area contributed by atoms with E-state index in [1.807, 2.05) is 54.6 Å². The minimum absolute atomic E-state index is 0.344. The molecule has 0 unspecified atom stereocenters. The summed E-state index contributed by atoms with van der Waals surface area (Å²) in [5.41, 5.74) is 9.37. The van der Waals surface area contributed by atoms with Crippen LogP contribution in [0.15, 0.2) is 54.6 Å². The number of nitrogens with zero attached hydrogens (tertiary/aromatic N) is 4. The van der Waals surface area contributed by atoms with E-state index >= 15 is 0 Å². The van der Waals surface area contributed by atoms with E-state index in [-0.39, 0.29) is 0 Å². The summed E-state index contributed by atoms with van der Waals surface area (Å²) in [6.45, 7) is 0. The number of benzene rings is 2. The number of para-hydroxylation sites is 1. The molecule has 2 N–H and O–H groups in total. The van der Waals surface area contributed by atoms with Crippen LogP contribution in [0.1, 0.15) is 11.3 Å². The first-order chi connectivity index (χ1) is 11.8. The number of hydrogen-bond donors (Lipinski definition) is 1. The van der Waals surface area contributed by atoms with Crippen LogP contribution in [0.3, 0.4) is 0 Å². The molecule has 5 nitrogen and oxygen atoms in total. The average molecular weight is 309 g/mol. The van der Waals surface area contributed by atoms with Gasteiger partial charge < -0.3 is 5.73 Å². The van der Waals surface area contributed by atoms with Gasteiger partial charge in [-0.05, 0) is 17.7 Å². The smallest absolute Gasteiger partial charge is 0.159 e. The van der Waals surface area contributed by atoms with Crippen molar-refractivity contribution >= 4 is 22.4 Å². The number of aromatic nitrogens is 2. The average Bonchev–Trinajstić information content (AvgIpc) is 2.96. The molecule has 112 valence electrons. The van der Waals surface area contributed by atoms with E-state index in [1.54, 1.807) is 4.40 Å². The Labute approximate surface area is 137 Å². The van der Waals surface area contributed by atoms with Gasteiger partial charge in [-0.3, -0.25) is 4.40 Å². The molecule has 0 aliphatic heterocycles. The molecule has 0 aliphatic carbocycles. The molecule has 2 aromatic carbocycles. The molecule has 0 amide bonds. The van der Waals surface area contributed by atoms with Crippen LogP contribution < -0.4 is 5.73 Å². The van der Waals surface area contributed by atoms with Gasteiger partial charge in [0.25, 0.3) is 0 Å². The molecule has 0 spiro atoms. The lowest BCUT2D eigenvalue weighted by atomic mass is 10.0. The third-order valence-corrected chi connectivity index (χ3v) is 4.07. The molecule has 0 atom stereocenters. The third kappa shape index (κ3) is 1.76. The van der Waals surface area contributed by atoms with E-state index in [0.29, 0.717) is 28.3 Å². The zero-order valence-corrected chi connectivity index (χ0v) is 12.6. The van der Waals surface area contributed by atoms with Gasteiger partial charge in [-0.25, -0.2) is 4.98 Å². The summed E-state index contributed by atoms with van der Waals surface area (Å²) in [4.78, 5) is 4.40. The molecule has 4 aromatic rings. The van der Waals surface area contributed by atoms with Crippen LogP contribution >= 0.6 is 0 Å². The van der Waals surface area contributed by atoms with Crippen LogP contribution in [0.4, 0.5) is 5.82 Å². The molecule has 0 fully saturated rings. The minimum Gasteiger partial charge on any atom is -0.383 e. The SMILES string of the molecule is N#Cc1c(-c2ccccc2)c(C#N)n2c1nc(N)c1ccccc12. The van der Waals surface area contributed by atoms with Crippen LogP contribution in [-0.4, -0.2) is 9.38 Å². The van der Waals surface area contributed by atoms with Crippen molar-refractivity contribution in [1.82, 2.24) is 9.38 Å². The van der Waals surface area contributed by atoms with E-state index in [9.17, 15) is 10.5 Å². The van der Waals surface area contributed by atoms with Crippen LogP contribution in [0.5, 0.6) is 0 Å². The van der Waals surface area contributed by atoms with Crippen molar-refractivity contribution in [2.24, 2.45) is 0 Å². The Morgan fingerprint density at radius 2 is 1.62 bits per heavy atom. The van der Waals surface area contributed by atoms with Crippen molar-refractivity contribution in [2.45, 2.75) is 0 Å². The lowest BCUT2D eigenvalue weighted by molar-refractivity contribution is 1.17. The molecule has 0 bridgehead atoms. The quantitative estimate of drug-likeness (QED) is 0.582. The molecule has 4 rings (SSSR count). The summed E-state index contributed by atoms with van der Waals surface area (Å²) >= 11 is 0. The van der Waals surface area contributed by atoms with Crippen molar-refractivity contribution < 1.29 is 0 Å². The highest BCUT2D eigenvalue weighted by atomic mass is 15.0. The standard InChI is InChI=1S/C19H11N5/c20-10-14-17(12-6-2-1-3-7-12)16(11-21)24-15-9-5-4-8-13(15)18(22)23-19(14)24/h1-9H,(H2,22,23). The van der Waals surface area contributed by atoms with Gasteiger partial charge in [0, 0.05) is 10.9 Å². The summed E-state index contributed by atoms with van der Waals surface area (Å²) < 4.78 is 1.71. The number of anilines is 1. The van der Waals surface area contributed by atoms with Gasteiger partial charge in [0.05, 0.1) is 5.52 Å². The maximum absolute atomic E-state index is 9.78. The van der Waals surface area contributed by atoms with E-state index in [0.717, 1.165) is 16.5 Å². The van der Waals surface area contributed by atoms with Crippen molar-refractivity contribution in [2.75, 3.05) is 5.73 Å². The summed E-state index contributed by atoms with van der Waals surface area (Å²) in [5, 5.41) is 20.2. The molecule has 2 heterocycles. The lowest BCUT2D eigenvalue weighted by Gasteiger charge is -2.06. The number of nitrogen functional groups attached to an aromatic ring is 1. The van der Waals surface area contributed by atoms with Gasteiger partial charge in [-0.1, -0.05) is 42.5 Å². The second kappa shape index (κ2) is 5.12. The largest absolute Gasteiger partial charge is 0.383 e. The Balaban J connectivity index is 2.29. The van der Waals surface area contributed by atoms with Crippen LogP contribution in [0.25, 0.3) is 27.7 Å². The predicted molar refractivity (Wildman–Crippen MR) is 92.0 cm³/mol. The molecular formula is C19H11N5. The summed E-state index contributed by atoms with van der Waals surface area (Å²) in [6.07, 6.45) is 0. The van der Waals surface area contributed by atoms with Crippen molar-refractivity contribution in [3.05, 3.63) is 65.9 Å². The molecular weight excluding hydrogens is 298 g/mol. The maximum atomic E-state index is 9.78. The van der Waals surface area contributed by atoms with Crippen molar-refractivity contribution in [3.8, 4) is 23.3 Å². The van der Waals surface area contributed by atoms with Crippen LogP contribution in [0, 0.1) is 22.7 Å². The van der Waals surface area contributed by atoms with E-state index in [2.05, 4.69) is 17.1 Å². The van der Waals surface area contributed by atoms with Gasteiger partial charge >= 0.3 is 0 Å². The maximum Gasteiger partial charge on any atom is 0.159 e. The van der Waals surface area contributed by atoms with Crippen LogP contribution in [0.2, 0.25) is 0 Å². The molecule has 0 radical (unpaired) electrons.